The molecule has 0 aliphatic heterocycles. The molecule has 1 N–H and O–H groups in total. The molecule has 4 nitrogen and oxygen atoms in total. The van der Waals surface area contributed by atoms with Crippen LogP contribution >= 0.6 is 0 Å². The molecule has 2 aromatic rings. The molecule has 7 heteroatoms. The van der Waals surface area contributed by atoms with Crippen LogP contribution in [0.2, 0.25) is 0 Å². The molecule has 2 heterocycles. The lowest BCUT2D eigenvalue weighted by molar-refractivity contribution is -0.140. The topological polar surface area (TPSA) is 54.5 Å². The molecule has 78 valence electrons. The van der Waals surface area contributed by atoms with Crippen LogP contribution in [0.5, 0.6) is 0 Å². The van der Waals surface area contributed by atoms with Gasteiger partial charge in [0.25, 0.3) is 0 Å². The average Bonchev–Trinajstić information content (AvgIpc) is 2.67. The third-order valence-corrected chi connectivity index (χ3v) is 1.72. The summed E-state index contributed by atoms with van der Waals surface area (Å²) in [4.78, 5) is 13.1. The summed E-state index contributed by atoms with van der Waals surface area (Å²) in [6.45, 7) is 0. The number of hydrogen-bond donors (Lipinski definition) is 1. The monoisotopic (exact) mass is 214 g/mol. The Balaban J connectivity index is 2.37. The number of hydrogen-bond acceptors (Lipinski definition) is 3. The Morgan fingerprint density at radius 2 is 1.73 bits per heavy atom. The van der Waals surface area contributed by atoms with Crippen LogP contribution in [0.3, 0.4) is 0 Å². The van der Waals surface area contributed by atoms with Crippen molar-refractivity contribution in [2.45, 2.75) is 6.18 Å². The van der Waals surface area contributed by atoms with Gasteiger partial charge in [0.1, 0.15) is 17.8 Å². The predicted molar refractivity (Wildman–Crippen MR) is 44.6 cm³/mol. The summed E-state index contributed by atoms with van der Waals surface area (Å²) >= 11 is 0. The van der Waals surface area contributed by atoms with E-state index in [1.54, 1.807) is 0 Å². The number of aromatic amines is 1. The van der Waals surface area contributed by atoms with Crippen LogP contribution in [0.25, 0.3) is 11.4 Å². The largest absolute Gasteiger partial charge is 0.432 e. The highest BCUT2D eigenvalue weighted by Gasteiger charge is 2.33. The maximum absolute atomic E-state index is 12.2. The second kappa shape index (κ2) is 3.34. The van der Waals surface area contributed by atoms with Gasteiger partial charge in [-0.05, 0) is 0 Å². The third kappa shape index (κ3) is 1.95. The first-order valence-corrected chi connectivity index (χ1v) is 3.95. The Labute approximate surface area is 82.2 Å². The van der Waals surface area contributed by atoms with E-state index in [-0.39, 0.29) is 5.82 Å². The number of nitrogens with one attached hydrogen (secondary N) is 1. The second-order valence-electron chi connectivity index (χ2n) is 2.77. The summed E-state index contributed by atoms with van der Waals surface area (Å²) in [6, 6.07) is 0. The molecule has 0 atom stereocenters. The van der Waals surface area contributed by atoms with Crippen molar-refractivity contribution in [3.63, 3.8) is 0 Å². The summed E-state index contributed by atoms with van der Waals surface area (Å²) in [6.07, 6.45) is 0.373. The van der Waals surface area contributed by atoms with Gasteiger partial charge >= 0.3 is 6.18 Å². The number of rotatable bonds is 1. The highest BCUT2D eigenvalue weighted by Crippen LogP contribution is 2.28. The zero-order chi connectivity index (χ0) is 10.9. The fraction of sp³-hybridized carbons (Fsp3) is 0.125. The normalized spacial score (nSPS) is 11.7. The van der Waals surface area contributed by atoms with Crippen LogP contribution in [-0.4, -0.2) is 19.9 Å². The lowest BCUT2D eigenvalue weighted by Crippen LogP contribution is -2.04. The van der Waals surface area contributed by atoms with Gasteiger partial charge in [0.15, 0.2) is 0 Å². The maximum Gasteiger partial charge on any atom is 0.432 e. The van der Waals surface area contributed by atoms with Gasteiger partial charge in [-0.3, -0.25) is 0 Å². The summed E-state index contributed by atoms with van der Waals surface area (Å²) < 4.78 is 36.6. The first-order valence-electron chi connectivity index (χ1n) is 3.95. The molecule has 0 fully saturated rings. The Bertz CT molecular complexity index is 448. The van der Waals surface area contributed by atoms with Gasteiger partial charge in [0.05, 0.1) is 11.8 Å². The van der Waals surface area contributed by atoms with Crippen LogP contribution in [-0.2, 0) is 6.18 Å². The molecule has 0 spiro atoms. The van der Waals surface area contributed by atoms with Crippen LogP contribution < -0.4 is 0 Å². The molecule has 0 amide bonds. The van der Waals surface area contributed by atoms with E-state index in [9.17, 15) is 13.2 Å². The van der Waals surface area contributed by atoms with Crippen LogP contribution in [0.1, 0.15) is 5.69 Å². The second-order valence-corrected chi connectivity index (χ2v) is 2.77. The molecule has 0 radical (unpaired) electrons. The van der Waals surface area contributed by atoms with Gasteiger partial charge in [0, 0.05) is 12.4 Å². The zero-order valence-electron chi connectivity index (χ0n) is 7.28. The molecule has 0 saturated carbocycles. The van der Waals surface area contributed by atoms with Gasteiger partial charge in [0.2, 0.25) is 0 Å². The van der Waals surface area contributed by atoms with E-state index in [0.29, 0.717) is 5.56 Å². The minimum absolute atomic E-state index is 0.0999. The number of imidazole rings is 1. The van der Waals surface area contributed by atoms with Crippen molar-refractivity contribution in [2.75, 3.05) is 0 Å². The Morgan fingerprint density at radius 1 is 1.07 bits per heavy atom. The summed E-state index contributed by atoms with van der Waals surface area (Å²) in [5.74, 6) is 0.0999. The molecule has 2 aromatic heterocycles. The Morgan fingerprint density at radius 3 is 2.27 bits per heavy atom. The quantitative estimate of drug-likeness (QED) is 0.788. The highest BCUT2D eigenvalue weighted by molar-refractivity contribution is 5.51. The molecule has 0 saturated heterocycles. The fourth-order valence-corrected chi connectivity index (χ4v) is 1.03. The average molecular weight is 214 g/mol. The van der Waals surface area contributed by atoms with Crippen molar-refractivity contribution in [2.24, 2.45) is 0 Å². The number of halogens is 3. The maximum atomic E-state index is 12.2. The van der Waals surface area contributed by atoms with Crippen LogP contribution in [0.4, 0.5) is 13.2 Å². The van der Waals surface area contributed by atoms with E-state index in [0.717, 1.165) is 6.20 Å². The van der Waals surface area contributed by atoms with E-state index in [1.165, 1.54) is 18.7 Å². The van der Waals surface area contributed by atoms with Gasteiger partial charge in [-0.15, -0.1) is 0 Å². The summed E-state index contributed by atoms with van der Waals surface area (Å²) in [5, 5.41) is 0. The molecule has 0 aliphatic carbocycles. The minimum atomic E-state index is -4.42. The predicted octanol–water partition coefficient (Wildman–Crippen LogP) is 1.89. The molecular formula is C8H5F3N4. The smallest absolute Gasteiger partial charge is 0.334 e. The van der Waals surface area contributed by atoms with Crippen molar-refractivity contribution in [3.8, 4) is 11.4 Å². The van der Waals surface area contributed by atoms with Crippen molar-refractivity contribution < 1.29 is 13.2 Å². The van der Waals surface area contributed by atoms with Crippen molar-refractivity contribution in [1.29, 1.82) is 0 Å². The SMILES string of the molecule is FC(F)(F)c1cnc(-c2cncnc2)[nH]1. The summed E-state index contributed by atoms with van der Waals surface area (Å²) in [5.41, 5.74) is -0.477. The van der Waals surface area contributed by atoms with E-state index in [1.807, 2.05) is 0 Å². The number of aromatic nitrogens is 4. The molecule has 2 rings (SSSR count). The van der Waals surface area contributed by atoms with Gasteiger partial charge in [-0.25, -0.2) is 15.0 Å². The van der Waals surface area contributed by atoms with E-state index >= 15 is 0 Å². The zero-order valence-corrected chi connectivity index (χ0v) is 7.28. The third-order valence-electron chi connectivity index (χ3n) is 1.72. The van der Waals surface area contributed by atoms with Gasteiger partial charge in [-0.2, -0.15) is 13.2 Å². The van der Waals surface area contributed by atoms with Crippen molar-refractivity contribution in [3.05, 3.63) is 30.6 Å². The number of H-pyrrole nitrogens is 1. The lowest BCUT2D eigenvalue weighted by Gasteiger charge is -2.00. The van der Waals surface area contributed by atoms with Crippen molar-refractivity contribution >= 4 is 0 Å². The molecule has 15 heavy (non-hydrogen) atoms. The molecule has 0 unspecified atom stereocenters. The highest BCUT2D eigenvalue weighted by atomic mass is 19.4. The number of nitrogens with zero attached hydrogens (tertiary/aromatic N) is 3. The Hall–Kier alpha value is -1.92. The van der Waals surface area contributed by atoms with E-state index in [2.05, 4.69) is 19.9 Å². The van der Waals surface area contributed by atoms with Crippen LogP contribution in [0, 0.1) is 0 Å². The standard InChI is InChI=1S/C8H5F3N4/c9-8(10,11)6-3-14-7(15-6)5-1-12-4-13-2-5/h1-4H,(H,14,15). The first-order chi connectivity index (χ1) is 7.07. The van der Waals surface area contributed by atoms with Crippen molar-refractivity contribution in [1.82, 2.24) is 19.9 Å². The summed E-state index contributed by atoms with van der Waals surface area (Å²) in [7, 11) is 0. The molecule has 0 bridgehead atoms. The Kier molecular flexibility index (Phi) is 2.14. The van der Waals surface area contributed by atoms with Crippen LogP contribution in [0.15, 0.2) is 24.9 Å². The van der Waals surface area contributed by atoms with E-state index in [4.69, 9.17) is 0 Å². The van der Waals surface area contributed by atoms with Gasteiger partial charge in [-0.1, -0.05) is 0 Å². The minimum Gasteiger partial charge on any atom is -0.334 e. The molecule has 0 aliphatic rings. The fourth-order valence-electron chi connectivity index (χ4n) is 1.03. The lowest BCUT2D eigenvalue weighted by atomic mass is 10.3. The molecular weight excluding hydrogens is 209 g/mol. The molecule has 0 aromatic carbocycles. The van der Waals surface area contributed by atoms with Gasteiger partial charge < -0.3 is 4.98 Å². The van der Waals surface area contributed by atoms with E-state index < -0.39 is 11.9 Å². The first kappa shape index (κ1) is 9.63. The number of alkyl halides is 3.